The highest BCUT2D eigenvalue weighted by Crippen LogP contribution is 2.21. The van der Waals surface area contributed by atoms with Crippen molar-refractivity contribution >= 4 is 22.9 Å². The van der Waals surface area contributed by atoms with Crippen LogP contribution >= 0.6 is 22.9 Å². The van der Waals surface area contributed by atoms with Gasteiger partial charge in [-0.15, -0.1) is 22.9 Å². The van der Waals surface area contributed by atoms with Gasteiger partial charge in [-0.25, -0.2) is 4.98 Å². The number of halogens is 1. The lowest BCUT2D eigenvalue weighted by atomic mass is 10.2. The monoisotopic (exact) mass is 282 g/mol. The van der Waals surface area contributed by atoms with E-state index in [-0.39, 0.29) is 0 Å². The Kier molecular flexibility index (Phi) is 4.55. The number of aryl methyl sites for hydroxylation is 2. The molecule has 0 radical (unpaired) electrons. The van der Waals surface area contributed by atoms with Crippen molar-refractivity contribution < 1.29 is 4.74 Å². The first kappa shape index (κ1) is 13.3. The fourth-order valence-electron chi connectivity index (χ4n) is 1.62. The highest BCUT2D eigenvalue weighted by molar-refractivity contribution is 7.09. The van der Waals surface area contributed by atoms with Crippen molar-refractivity contribution in [2.45, 2.75) is 26.1 Å². The number of nitrogens with zero attached hydrogens (tertiary/aromatic N) is 2. The largest absolute Gasteiger partial charge is 0.493 e. The Morgan fingerprint density at radius 1 is 1.33 bits per heavy atom. The maximum atomic E-state index is 5.86. The number of pyridine rings is 1. The number of aromatic nitrogens is 2. The first-order valence-electron chi connectivity index (χ1n) is 5.74. The highest BCUT2D eigenvalue weighted by atomic mass is 35.5. The summed E-state index contributed by atoms with van der Waals surface area (Å²) in [6.45, 7) is 4.60. The number of ether oxygens (including phenoxy) is 1. The zero-order valence-electron chi connectivity index (χ0n) is 10.4. The lowest BCUT2D eigenvalue weighted by Crippen LogP contribution is -2.03. The van der Waals surface area contributed by atoms with Crippen LogP contribution in [0.1, 0.15) is 21.8 Å². The van der Waals surface area contributed by atoms with Gasteiger partial charge >= 0.3 is 0 Å². The maximum absolute atomic E-state index is 5.86. The van der Waals surface area contributed by atoms with Crippen molar-refractivity contribution in [2.24, 2.45) is 0 Å². The van der Waals surface area contributed by atoms with E-state index in [1.165, 1.54) is 4.88 Å². The summed E-state index contributed by atoms with van der Waals surface area (Å²) in [5.41, 5.74) is 4.83. The van der Waals surface area contributed by atoms with E-state index in [0.29, 0.717) is 12.5 Å². The summed E-state index contributed by atoms with van der Waals surface area (Å²) in [5, 5.41) is 0. The molecule has 0 saturated heterocycles. The number of thiazole rings is 1. The maximum Gasteiger partial charge on any atom is 0.127 e. The van der Waals surface area contributed by atoms with Gasteiger partial charge in [0.1, 0.15) is 5.75 Å². The van der Waals surface area contributed by atoms with Gasteiger partial charge in [0.15, 0.2) is 0 Å². The van der Waals surface area contributed by atoms with Crippen LogP contribution in [-0.4, -0.2) is 16.6 Å². The Morgan fingerprint density at radius 3 is 2.83 bits per heavy atom. The van der Waals surface area contributed by atoms with E-state index in [9.17, 15) is 0 Å². The molecule has 0 aliphatic carbocycles. The molecule has 0 fully saturated rings. The first-order chi connectivity index (χ1) is 8.70. The number of rotatable bonds is 5. The van der Waals surface area contributed by atoms with Crippen LogP contribution < -0.4 is 4.74 Å². The summed E-state index contributed by atoms with van der Waals surface area (Å²) in [5.74, 6) is 1.25. The van der Waals surface area contributed by atoms with Crippen molar-refractivity contribution in [3.63, 3.8) is 0 Å². The second-order valence-corrected chi connectivity index (χ2v) is 5.23. The van der Waals surface area contributed by atoms with Gasteiger partial charge in [0, 0.05) is 34.8 Å². The molecule has 0 N–H and O–H groups in total. The molecule has 96 valence electrons. The number of hydrogen-bond donors (Lipinski definition) is 0. The van der Waals surface area contributed by atoms with Gasteiger partial charge < -0.3 is 4.74 Å². The van der Waals surface area contributed by atoms with Crippen LogP contribution in [0, 0.1) is 13.8 Å². The molecule has 0 amide bonds. The van der Waals surface area contributed by atoms with Crippen LogP contribution in [0.25, 0.3) is 0 Å². The molecule has 2 heterocycles. The van der Waals surface area contributed by atoms with Crippen molar-refractivity contribution in [2.75, 3.05) is 6.61 Å². The topological polar surface area (TPSA) is 35.0 Å². The molecule has 2 aromatic rings. The minimum atomic E-state index is 0.419. The van der Waals surface area contributed by atoms with E-state index in [1.54, 1.807) is 17.5 Å². The van der Waals surface area contributed by atoms with E-state index in [4.69, 9.17) is 16.3 Å². The van der Waals surface area contributed by atoms with Gasteiger partial charge in [-0.05, 0) is 13.8 Å². The standard InChI is InChI=1S/C13H15ClN2OS/c1-9-5-12(11(6-14)7-15-9)17-4-3-13-10(2)16-8-18-13/h5,7-8H,3-4,6H2,1-2H3. The van der Waals surface area contributed by atoms with Gasteiger partial charge in [-0.2, -0.15) is 0 Å². The third-order valence-electron chi connectivity index (χ3n) is 2.66. The zero-order chi connectivity index (χ0) is 13.0. The third kappa shape index (κ3) is 3.21. The molecule has 0 aliphatic heterocycles. The van der Waals surface area contributed by atoms with Crippen LogP contribution in [-0.2, 0) is 12.3 Å². The Bertz CT molecular complexity index is 527. The second-order valence-electron chi connectivity index (χ2n) is 4.03. The molecule has 0 atom stereocenters. The third-order valence-corrected chi connectivity index (χ3v) is 3.94. The average Bonchev–Trinajstić information content (AvgIpc) is 2.76. The summed E-state index contributed by atoms with van der Waals surface area (Å²) >= 11 is 7.53. The SMILES string of the molecule is Cc1cc(OCCc2scnc2C)c(CCl)cn1. The smallest absolute Gasteiger partial charge is 0.127 e. The predicted molar refractivity (Wildman–Crippen MR) is 74.6 cm³/mol. The van der Waals surface area contributed by atoms with Crippen LogP contribution in [0.3, 0.4) is 0 Å². The quantitative estimate of drug-likeness (QED) is 0.787. The summed E-state index contributed by atoms with van der Waals surface area (Å²) in [6.07, 6.45) is 2.65. The number of alkyl halides is 1. The summed E-state index contributed by atoms with van der Waals surface area (Å²) in [6, 6.07) is 1.93. The lowest BCUT2D eigenvalue weighted by molar-refractivity contribution is 0.319. The Labute approximate surface area is 116 Å². The molecule has 0 aromatic carbocycles. The number of hydrogen-bond acceptors (Lipinski definition) is 4. The molecule has 0 aliphatic rings. The van der Waals surface area contributed by atoms with E-state index in [0.717, 1.165) is 29.1 Å². The van der Waals surface area contributed by atoms with E-state index >= 15 is 0 Å². The Morgan fingerprint density at radius 2 is 2.17 bits per heavy atom. The van der Waals surface area contributed by atoms with Crippen molar-refractivity contribution in [1.29, 1.82) is 0 Å². The molecule has 0 saturated carbocycles. The molecule has 0 spiro atoms. The van der Waals surface area contributed by atoms with Crippen LogP contribution in [0.4, 0.5) is 0 Å². The molecule has 2 rings (SSSR count). The molecule has 5 heteroatoms. The molecule has 0 unspecified atom stereocenters. The Hall–Kier alpha value is -1.13. The van der Waals surface area contributed by atoms with E-state index in [1.807, 2.05) is 25.4 Å². The van der Waals surface area contributed by atoms with Crippen LogP contribution in [0.5, 0.6) is 5.75 Å². The average molecular weight is 283 g/mol. The van der Waals surface area contributed by atoms with Crippen molar-refractivity contribution in [3.8, 4) is 5.75 Å². The molecule has 18 heavy (non-hydrogen) atoms. The first-order valence-corrected chi connectivity index (χ1v) is 7.15. The summed E-state index contributed by atoms with van der Waals surface area (Å²) in [7, 11) is 0. The minimum absolute atomic E-state index is 0.419. The van der Waals surface area contributed by atoms with Crippen LogP contribution in [0.2, 0.25) is 0 Å². The van der Waals surface area contributed by atoms with Crippen molar-refractivity contribution in [3.05, 3.63) is 39.6 Å². The van der Waals surface area contributed by atoms with Crippen molar-refractivity contribution in [1.82, 2.24) is 9.97 Å². The molecule has 3 nitrogen and oxygen atoms in total. The van der Waals surface area contributed by atoms with E-state index in [2.05, 4.69) is 9.97 Å². The van der Waals surface area contributed by atoms with Gasteiger partial charge in [0.05, 0.1) is 23.7 Å². The van der Waals surface area contributed by atoms with Gasteiger partial charge in [0.25, 0.3) is 0 Å². The fourth-order valence-corrected chi connectivity index (χ4v) is 2.58. The second kappa shape index (κ2) is 6.16. The molecule has 2 aromatic heterocycles. The summed E-state index contributed by atoms with van der Waals surface area (Å²) in [4.78, 5) is 9.70. The van der Waals surface area contributed by atoms with Gasteiger partial charge in [-0.3, -0.25) is 4.98 Å². The lowest BCUT2D eigenvalue weighted by Gasteiger charge is -2.10. The summed E-state index contributed by atoms with van der Waals surface area (Å²) < 4.78 is 5.79. The highest BCUT2D eigenvalue weighted by Gasteiger charge is 2.06. The van der Waals surface area contributed by atoms with Crippen LogP contribution in [0.15, 0.2) is 17.8 Å². The Balaban J connectivity index is 1.98. The minimum Gasteiger partial charge on any atom is -0.493 e. The fraction of sp³-hybridized carbons (Fsp3) is 0.385. The molecule has 0 bridgehead atoms. The molecular weight excluding hydrogens is 268 g/mol. The van der Waals surface area contributed by atoms with Gasteiger partial charge in [0.2, 0.25) is 0 Å². The molecular formula is C13H15ClN2OS. The predicted octanol–water partition coefficient (Wildman–Crippen LogP) is 3.52. The zero-order valence-corrected chi connectivity index (χ0v) is 12.0. The van der Waals surface area contributed by atoms with Gasteiger partial charge in [-0.1, -0.05) is 0 Å². The van der Waals surface area contributed by atoms with E-state index < -0.39 is 0 Å². The normalized spacial score (nSPS) is 10.6.